The lowest BCUT2D eigenvalue weighted by atomic mass is 9.87. The molecule has 4 nitrogen and oxygen atoms in total. The minimum Gasteiger partial charge on any atom is -0.497 e. The number of rotatable bonds is 2. The quantitative estimate of drug-likeness (QED) is 0.900. The number of ether oxygens (including phenoxy) is 1. The Morgan fingerprint density at radius 1 is 1.42 bits per heavy atom. The molecule has 0 bridgehead atoms. The van der Waals surface area contributed by atoms with Crippen molar-refractivity contribution >= 4 is 5.82 Å². The first kappa shape index (κ1) is 12.1. The summed E-state index contributed by atoms with van der Waals surface area (Å²) in [7, 11) is 1.71. The van der Waals surface area contributed by atoms with Crippen LogP contribution in [0.3, 0.4) is 0 Å². The summed E-state index contributed by atoms with van der Waals surface area (Å²) in [4.78, 5) is 0. The highest BCUT2D eigenvalue weighted by atomic mass is 16.5. The van der Waals surface area contributed by atoms with Crippen LogP contribution in [-0.4, -0.2) is 16.9 Å². The van der Waals surface area contributed by atoms with Crippen LogP contribution in [0.1, 0.15) is 35.6 Å². The van der Waals surface area contributed by atoms with Gasteiger partial charge in [0.1, 0.15) is 11.6 Å². The number of aromatic nitrogens is 2. The van der Waals surface area contributed by atoms with E-state index in [0.717, 1.165) is 36.4 Å². The van der Waals surface area contributed by atoms with Gasteiger partial charge in [-0.25, -0.2) is 4.68 Å². The number of methoxy groups -OCH3 is 1. The number of aryl methyl sites for hydroxylation is 2. The highest BCUT2D eigenvalue weighted by molar-refractivity contribution is 5.43. The van der Waals surface area contributed by atoms with E-state index < -0.39 is 0 Å². The fraction of sp³-hybridized carbons (Fsp3) is 0.400. The molecular weight excluding hydrogens is 238 g/mol. The first-order valence-corrected chi connectivity index (χ1v) is 6.67. The van der Waals surface area contributed by atoms with Gasteiger partial charge in [-0.2, -0.15) is 5.10 Å². The predicted molar refractivity (Wildman–Crippen MR) is 75.4 cm³/mol. The van der Waals surface area contributed by atoms with E-state index in [9.17, 15) is 0 Å². The van der Waals surface area contributed by atoms with Crippen LogP contribution in [0.2, 0.25) is 0 Å². The number of anilines is 1. The number of benzene rings is 1. The van der Waals surface area contributed by atoms with Gasteiger partial charge < -0.3 is 10.5 Å². The van der Waals surface area contributed by atoms with Gasteiger partial charge in [-0.3, -0.25) is 0 Å². The lowest BCUT2D eigenvalue weighted by Crippen LogP contribution is -2.20. The highest BCUT2D eigenvalue weighted by Crippen LogP contribution is 2.36. The van der Waals surface area contributed by atoms with Crippen molar-refractivity contribution in [3.05, 3.63) is 41.1 Å². The molecule has 0 aliphatic heterocycles. The van der Waals surface area contributed by atoms with E-state index in [-0.39, 0.29) is 6.04 Å². The Morgan fingerprint density at radius 3 is 2.95 bits per heavy atom. The van der Waals surface area contributed by atoms with Gasteiger partial charge in [0.25, 0.3) is 0 Å². The summed E-state index contributed by atoms with van der Waals surface area (Å²) in [5.74, 6) is 1.69. The third kappa shape index (κ3) is 1.97. The Hall–Kier alpha value is -1.97. The van der Waals surface area contributed by atoms with Crippen molar-refractivity contribution in [1.29, 1.82) is 0 Å². The van der Waals surface area contributed by atoms with Gasteiger partial charge in [0.15, 0.2) is 0 Å². The molecule has 0 saturated heterocycles. The molecule has 4 heteroatoms. The molecule has 0 spiro atoms. The standard InChI is InChI=1S/C15H19N3O/c1-10-9-17-18(15(10)16)14-5-3-4-11-8-12(19-2)6-7-13(11)14/h6-9,14H,3-5,16H2,1-2H3. The zero-order chi connectivity index (χ0) is 13.4. The number of hydrogen-bond donors (Lipinski definition) is 1. The van der Waals surface area contributed by atoms with Crippen LogP contribution in [0, 0.1) is 6.92 Å². The van der Waals surface area contributed by atoms with E-state index in [0.29, 0.717) is 0 Å². The Labute approximate surface area is 113 Å². The number of nitrogen functional groups attached to an aromatic ring is 1. The molecule has 1 aliphatic rings. The molecule has 0 amide bonds. The Morgan fingerprint density at radius 2 is 2.26 bits per heavy atom. The average Bonchev–Trinajstić information content (AvgIpc) is 2.77. The number of nitrogens with two attached hydrogens (primary N) is 1. The summed E-state index contributed by atoms with van der Waals surface area (Å²) >= 11 is 0. The number of hydrogen-bond acceptors (Lipinski definition) is 3. The molecule has 2 aromatic rings. The van der Waals surface area contributed by atoms with Crippen LogP contribution < -0.4 is 10.5 Å². The second-order valence-corrected chi connectivity index (χ2v) is 5.13. The van der Waals surface area contributed by atoms with Crippen molar-refractivity contribution < 1.29 is 4.74 Å². The first-order chi connectivity index (χ1) is 9.20. The SMILES string of the molecule is COc1ccc2c(c1)CCCC2n1ncc(C)c1N. The zero-order valence-corrected chi connectivity index (χ0v) is 11.4. The van der Waals surface area contributed by atoms with Crippen molar-refractivity contribution in [2.75, 3.05) is 12.8 Å². The minimum atomic E-state index is 0.253. The summed E-state index contributed by atoms with van der Waals surface area (Å²) in [5.41, 5.74) is 9.84. The van der Waals surface area contributed by atoms with Crippen molar-refractivity contribution in [1.82, 2.24) is 9.78 Å². The third-order valence-electron chi connectivity index (χ3n) is 3.95. The molecule has 1 unspecified atom stereocenters. The van der Waals surface area contributed by atoms with Crippen molar-refractivity contribution in [3.8, 4) is 5.75 Å². The third-order valence-corrected chi connectivity index (χ3v) is 3.95. The fourth-order valence-corrected chi connectivity index (χ4v) is 2.85. The summed E-state index contributed by atoms with van der Waals surface area (Å²) in [5, 5.41) is 4.44. The van der Waals surface area contributed by atoms with Gasteiger partial charge in [0.05, 0.1) is 19.3 Å². The van der Waals surface area contributed by atoms with Crippen LogP contribution >= 0.6 is 0 Å². The molecular formula is C15H19N3O. The molecule has 0 fully saturated rings. The molecule has 2 N–H and O–H groups in total. The van der Waals surface area contributed by atoms with Gasteiger partial charge in [0.2, 0.25) is 0 Å². The van der Waals surface area contributed by atoms with Crippen LogP contribution in [0.5, 0.6) is 5.75 Å². The average molecular weight is 257 g/mol. The van der Waals surface area contributed by atoms with E-state index >= 15 is 0 Å². The summed E-state index contributed by atoms with van der Waals surface area (Å²) in [6.45, 7) is 2.00. The summed E-state index contributed by atoms with van der Waals surface area (Å²) in [6.07, 6.45) is 5.18. The molecule has 100 valence electrons. The first-order valence-electron chi connectivity index (χ1n) is 6.67. The van der Waals surface area contributed by atoms with Gasteiger partial charge >= 0.3 is 0 Å². The van der Waals surface area contributed by atoms with E-state index in [4.69, 9.17) is 10.5 Å². The molecule has 1 heterocycles. The second-order valence-electron chi connectivity index (χ2n) is 5.13. The minimum absolute atomic E-state index is 0.253. The smallest absolute Gasteiger partial charge is 0.125 e. The van der Waals surface area contributed by atoms with E-state index in [1.165, 1.54) is 11.1 Å². The zero-order valence-electron chi connectivity index (χ0n) is 11.4. The van der Waals surface area contributed by atoms with Crippen molar-refractivity contribution in [2.24, 2.45) is 0 Å². The van der Waals surface area contributed by atoms with Crippen LogP contribution in [0.4, 0.5) is 5.82 Å². The molecule has 1 atom stereocenters. The van der Waals surface area contributed by atoms with Gasteiger partial charge in [0, 0.05) is 5.56 Å². The van der Waals surface area contributed by atoms with E-state index in [2.05, 4.69) is 17.2 Å². The van der Waals surface area contributed by atoms with Gasteiger partial charge in [-0.05, 0) is 49.4 Å². The van der Waals surface area contributed by atoms with Gasteiger partial charge in [-0.1, -0.05) is 6.07 Å². The normalized spacial score (nSPS) is 18.1. The van der Waals surface area contributed by atoms with Gasteiger partial charge in [-0.15, -0.1) is 0 Å². The molecule has 0 radical (unpaired) electrons. The molecule has 0 saturated carbocycles. The monoisotopic (exact) mass is 257 g/mol. The summed E-state index contributed by atoms with van der Waals surface area (Å²) < 4.78 is 7.26. The second kappa shape index (κ2) is 4.61. The Balaban J connectivity index is 2.05. The Bertz CT molecular complexity index is 603. The summed E-state index contributed by atoms with van der Waals surface area (Å²) in [6, 6.07) is 6.55. The maximum absolute atomic E-state index is 6.12. The highest BCUT2D eigenvalue weighted by Gasteiger charge is 2.24. The maximum Gasteiger partial charge on any atom is 0.125 e. The number of nitrogens with zero attached hydrogens (tertiary/aromatic N) is 2. The molecule has 1 aliphatic carbocycles. The predicted octanol–water partition coefficient (Wildman–Crippen LogP) is 2.71. The van der Waals surface area contributed by atoms with Crippen LogP contribution in [0.25, 0.3) is 0 Å². The van der Waals surface area contributed by atoms with Crippen molar-refractivity contribution in [2.45, 2.75) is 32.2 Å². The molecule has 3 rings (SSSR count). The van der Waals surface area contributed by atoms with Crippen molar-refractivity contribution in [3.63, 3.8) is 0 Å². The maximum atomic E-state index is 6.12. The van der Waals surface area contributed by atoms with E-state index in [1.54, 1.807) is 7.11 Å². The fourth-order valence-electron chi connectivity index (χ4n) is 2.85. The molecule has 1 aromatic heterocycles. The topological polar surface area (TPSA) is 53.1 Å². The lowest BCUT2D eigenvalue weighted by molar-refractivity contribution is 0.410. The van der Waals surface area contributed by atoms with Crippen LogP contribution in [0.15, 0.2) is 24.4 Å². The van der Waals surface area contributed by atoms with Crippen LogP contribution in [-0.2, 0) is 6.42 Å². The molecule has 19 heavy (non-hydrogen) atoms. The number of fused-ring (bicyclic) bond motifs is 1. The lowest BCUT2D eigenvalue weighted by Gasteiger charge is -2.27. The van der Waals surface area contributed by atoms with E-state index in [1.807, 2.05) is 23.9 Å². The Kier molecular flexibility index (Phi) is 2.93. The molecule has 1 aromatic carbocycles. The largest absolute Gasteiger partial charge is 0.497 e.